The van der Waals surface area contributed by atoms with E-state index in [1.165, 1.54) is 14.2 Å². The van der Waals surface area contributed by atoms with Crippen LogP contribution in [0.4, 0.5) is 8.78 Å². The van der Waals surface area contributed by atoms with Gasteiger partial charge in [-0.3, -0.25) is 0 Å². The molecule has 0 saturated carbocycles. The third-order valence-electron chi connectivity index (χ3n) is 5.51. The number of ether oxygens (including phenoxy) is 4. The summed E-state index contributed by atoms with van der Waals surface area (Å²) in [6, 6.07) is 13.5. The number of sulfonamides is 1. The maximum absolute atomic E-state index is 13.2. The van der Waals surface area contributed by atoms with Crippen LogP contribution in [0.3, 0.4) is 0 Å². The SMILES string of the molecule is COc1ccc(C2Oc3ccc(C)c(OC(F)F)c3-c3ccc(CS(N)(=O)=O)cc32)cc1OC. The summed E-state index contributed by atoms with van der Waals surface area (Å²) in [5, 5.41) is 5.24. The predicted molar refractivity (Wildman–Crippen MR) is 122 cm³/mol. The van der Waals surface area contributed by atoms with Gasteiger partial charge in [0.25, 0.3) is 0 Å². The second-order valence-electron chi connectivity index (χ2n) is 7.80. The van der Waals surface area contributed by atoms with Gasteiger partial charge in [-0.2, -0.15) is 8.78 Å². The Kier molecular flexibility index (Phi) is 6.37. The molecule has 0 saturated heterocycles. The first-order valence-electron chi connectivity index (χ1n) is 10.2. The van der Waals surface area contributed by atoms with Crippen molar-refractivity contribution in [2.75, 3.05) is 14.2 Å². The van der Waals surface area contributed by atoms with Crippen LogP contribution in [0.15, 0.2) is 48.5 Å². The first-order chi connectivity index (χ1) is 16.1. The second kappa shape index (κ2) is 9.11. The minimum atomic E-state index is -3.80. The molecule has 0 bridgehead atoms. The zero-order valence-corrected chi connectivity index (χ0v) is 19.5. The zero-order valence-electron chi connectivity index (χ0n) is 18.7. The zero-order chi connectivity index (χ0) is 24.6. The quantitative estimate of drug-likeness (QED) is 0.521. The van der Waals surface area contributed by atoms with Crippen LogP contribution in [0.25, 0.3) is 11.1 Å². The lowest BCUT2D eigenvalue weighted by molar-refractivity contribution is -0.0500. The van der Waals surface area contributed by atoms with Gasteiger partial charge in [0.05, 0.1) is 25.5 Å². The van der Waals surface area contributed by atoms with Gasteiger partial charge in [0, 0.05) is 11.1 Å². The van der Waals surface area contributed by atoms with Crippen LogP contribution >= 0.6 is 0 Å². The second-order valence-corrected chi connectivity index (χ2v) is 9.42. The Bertz CT molecular complexity index is 1340. The molecule has 1 unspecified atom stereocenters. The number of aryl methyl sites for hydroxylation is 1. The van der Waals surface area contributed by atoms with Gasteiger partial charge in [0.15, 0.2) is 11.5 Å². The van der Waals surface area contributed by atoms with Gasteiger partial charge >= 0.3 is 6.61 Å². The molecule has 1 aliphatic rings. The van der Waals surface area contributed by atoms with Crippen molar-refractivity contribution in [2.45, 2.75) is 25.4 Å². The molecule has 10 heteroatoms. The number of halogens is 2. The fourth-order valence-corrected chi connectivity index (χ4v) is 4.74. The number of benzene rings is 3. The molecule has 1 atom stereocenters. The Morgan fingerprint density at radius 1 is 1.03 bits per heavy atom. The maximum Gasteiger partial charge on any atom is 0.387 e. The van der Waals surface area contributed by atoms with Crippen molar-refractivity contribution in [3.8, 4) is 34.1 Å². The average molecular weight is 492 g/mol. The summed E-state index contributed by atoms with van der Waals surface area (Å²) in [5.74, 6) is 0.961. The van der Waals surface area contributed by atoms with Crippen LogP contribution in [0.2, 0.25) is 0 Å². The summed E-state index contributed by atoms with van der Waals surface area (Å²) in [6.45, 7) is -1.37. The van der Waals surface area contributed by atoms with E-state index in [-0.39, 0.29) is 11.5 Å². The predicted octanol–water partition coefficient (Wildman–Crippen LogP) is 4.55. The molecule has 34 heavy (non-hydrogen) atoms. The Morgan fingerprint density at radius 2 is 1.76 bits per heavy atom. The van der Waals surface area contributed by atoms with E-state index in [2.05, 4.69) is 0 Å². The van der Waals surface area contributed by atoms with Gasteiger partial charge in [-0.1, -0.05) is 30.3 Å². The Hall–Kier alpha value is -3.37. The summed E-state index contributed by atoms with van der Waals surface area (Å²) in [5.41, 5.74) is 3.15. The Balaban J connectivity index is 1.94. The van der Waals surface area contributed by atoms with Gasteiger partial charge in [-0.25, -0.2) is 13.6 Å². The van der Waals surface area contributed by atoms with Crippen LogP contribution in [0.5, 0.6) is 23.0 Å². The summed E-state index contributed by atoms with van der Waals surface area (Å²) >= 11 is 0. The van der Waals surface area contributed by atoms with E-state index in [1.54, 1.807) is 55.5 Å². The van der Waals surface area contributed by atoms with Crippen LogP contribution in [0.1, 0.15) is 28.4 Å². The highest BCUT2D eigenvalue weighted by molar-refractivity contribution is 7.88. The molecular weight excluding hydrogens is 468 g/mol. The van der Waals surface area contributed by atoms with Crippen molar-refractivity contribution in [1.29, 1.82) is 0 Å². The van der Waals surface area contributed by atoms with Crippen LogP contribution in [-0.4, -0.2) is 29.2 Å². The lowest BCUT2D eigenvalue weighted by Crippen LogP contribution is -2.19. The Morgan fingerprint density at radius 3 is 2.41 bits per heavy atom. The lowest BCUT2D eigenvalue weighted by atomic mass is 9.87. The molecule has 1 heterocycles. The topological polar surface area (TPSA) is 97.1 Å². The van der Waals surface area contributed by atoms with Crippen molar-refractivity contribution >= 4 is 10.0 Å². The smallest absolute Gasteiger partial charge is 0.387 e. The molecule has 7 nitrogen and oxygen atoms in total. The number of nitrogens with two attached hydrogens (primary N) is 1. The number of primary sulfonamides is 1. The van der Waals surface area contributed by atoms with Gasteiger partial charge in [-0.15, -0.1) is 0 Å². The van der Waals surface area contributed by atoms with Crippen molar-refractivity contribution in [3.63, 3.8) is 0 Å². The monoisotopic (exact) mass is 491 g/mol. The molecule has 0 radical (unpaired) electrons. The largest absolute Gasteiger partial charge is 0.493 e. The minimum Gasteiger partial charge on any atom is -0.493 e. The number of rotatable bonds is 7. The minimum absolute atomic E-state index is 0.00120. The van der Waals surface area contributed by atoms with Crippen LogP contribution in [-0.2, 0) is 15.8 Å². The van der Waals surface area contributed by atoms with E-state index >= 15 is 0 Å². The highest BCUT2D eigenvalue weighted by atomic mass is 32.2. The number of methoxy groups -OCH3 is 2. The molecule has 3 aromatic rings. The Labute approximate surface area is 196 Å². The standard InChI is InChI=1S/C24H23F2NO6S/c1-13-4-8-19-21(22(13)33-24(25)26)16-7-5-14(12-34(27,28)29)10-17(16)23(32-19)15-6-9-18(30-2)20(11-15)31-3/h4-11,23-24H,12H2,1-3H3,(H2,27,28,29). The van der Waals surface area contributed by atoms with Crippen molar-refractivity contribution in [1.82, 2.24) is 0 Å². The highest BCUT2D eigenvalue weighted by Gasteiger charge is 2.32. The maximum atomic E-state index is 13.2. The molecule has 3 aromatic carbocycles. The van der Waals surface area contributed by atoms with Crippen LogP contribution < -0.4 is 24.1 Å². The molecule has 0 spiro atoms. The molecule has 2 N–H and O–H groups in total. The van der Waals surface area contributed by atoms with Crippen LogP contribution in [0, 0.1) is 6.92 Å². The molecule has 0 aromatic heterocycles. The molecule has 4 rings (SSSR count). The first-order valence-corrected chi connectivity index (χ1v) is 11.9. The van der Waals surface area contributed by atoms with Gasteiger partial charge in [-0.05, 0) is 41.8 Å². The third-order valence-corrected chi connectivity index (χ3v) is 6.25. The van der Waals surface area contributed by atoms with E-state index in [1.807, 2.05) is 0 Å². The summed E-state index contributed by atoms with van der Waals surface area (Å²) in [7, 11) is -0.770. The number of alkyl halides is 2. The number of fused-ring (bicyclic) bond motifs is 3. The van der Waals surface area contributed by atoms with E-state index in [0.717, 1.165) is 0 Å². The van der Waals surface area contributed by atoms with Gasteiger partial charge in [0.1, 0.15) is 17.6 Å². The third kappa shape index (κ3) is 4.64. The summed E-state index contributed by atoms with van der Waals surface area (Å²) in [4.78, 5) is 0. The fourth-order valence-electron chi connectivity index (χ4n) is 4.10. The van der Waals surface area contributed by atoms with E-state index < -0.39 is 22.7 Å². The summed E-state index contributed by atoms with van der Waals surface area (Å²) in [6.07, 6.45) is -0.690. The molecular formula is C24H23F2NO6S. The van der Waals surface area contributed by atoms with E-state index in [0.29, 0.717) is 50.6 Å². The fraction of sp³-hybridized carbons (Fsp3) is 0.250. The highest BCUT2D eigenvalue weighted by Crippen LogP contribution is 2.51. The summed E-state index contributed by atoms with van der Waals surface area (Å²) < 4.78 is 71.7. The van der Waals surface area contributed by atoms with Gasteiger partial charge < -0.3 is 18.9 Å². The van der Waals surface area contributed by atoms with E-state index in [9.17, 15) is 17.2 Å². The normalized spacial score (nSPS) is 14.7. The van der Waals surface area contributed by atoms with Gasteiger partial charge in [0.2, 0.25) is 10.0 Å². The number of hydrogen-bond acceptors (Lipinski definition) is 6. The molecule has 0 amide bonds. The lowest BCUT2D eigenvalue weighted by Gasteiger charge is -2.31. The molecule has 0 fully saturated rings. The first kappa shape index (κ1) is 23.8. The van der Waals surface area contributed by atoms with Crippen molar-refractivity contribution in [3.05, 3.63) is 70.8 Å². The van der Waals surface area contributed by atoms with E-state index in [4.69, 9.17) is 24.1 Å². The van der Waals surface area contributed by atoms with Crippen molar-refractivity contribution < 1.29 is 36.1 Å². The number of hydrogen-bond donors (Lipinski definition) is 1. The van der Waals surface area contributed by atoms with Crippen molar-refractivity contribution in [2.24, 2.45) is 5.14 Å². The average Bonchev–Trinajstić information content (AvgIpc) is 2.78. The molecule has 0 aliphatic carbocycles. The molecule has 180 valence electrons. The molecule has 1 aliphatic heterocycles.